The van der Waals surface area contributed by atoms with Crippen LogP contribution in [0.25, 0.3) is 0 Å². The number of carbonyl (C=O) groups is 1. The van der Waals surface area contributed by atoms with Crippen molar-refractivity contribution in [2.75, 3.05) is 26.2 Å². The second-order valence-corrected chi connectivity index (χ2v) is 8.57. The highest BCUT2D eigenvalue weighted by molar-refractivity contribution is 7.89. The van der Waals surface area contributed by atoms with E-state index in [4.69, 9.17) is 0 Å². The molecule has 1 aliphatic carbocycles. The van der Waals surface area contributed by atoms with Crippen LogP contribution in [0.3, 0.4) is 0 Å². The van der Waals surface area contributed by atoms with Crippen molar-refractivity contribution in [3.05, 3.63) is 30.1 Å². The van der Waals surface area contributed by atoms with Gasteiger partial charge >= 0.3 is 6.03 Å². The number of nitrogens with zero attached hydrogens (tertiary/aromatic N) is 2. The summed E-state index contributed by atoms with van der Waals surface area (Å²) in [7, 11) is -3.73. The fourth-order valence-corrected chi connectivity index (χ4v) is 4.88. The number of sulfonamides is 1. The molecular formula is C17H24FN3O3S. The lowest BCUT2D eigenvalue weighted by molar-refractivity contribution is 0.166. The predicted octanol–water partition coefficient (Wildman–Crippen LogP) is 2.17. The largest absolute Gasteiger partial charge is 0.335 e. The summed E-state index contributed by atoms with van der Waals surface area (Å²) in [6, 6.07) is 5.13. The first-order chi connectivity index (χ1) is 12.0. The van der Waals surface area contributed by atoms with Crippen LogP contribution in [0.15, 0.2) is 29.2 Å². The van der Waals surface area contributed by atoms with Gasteiger partial charge < -0.3 is 10.2 Å². The topological polar surface area (TPSA) is 69.7 Å². The van der Waals surface area contributed by atoms with Gasteiger partial charge in [-0.05, 0) is 31.0 Å². The van der Waals surface area contributed by atoms with E-state index in [0.29, 0.717) is 13.1 Å². The first-order valence-corrected chi connectivity index (χ1v) is 10.2. The summed E-state index contributed by atoms with van der Waals surface area (Å²) in [6.45, 7) is 1.12. The maximum atomic E-state index is 13.3. The van der Waals surface area contributed by atoms with E-state index >= 15 is 0 Å². The molecule has 2 amide bonds. The van der Waals surface area contributed by atoms with E-state index in [0.717, 1.165) is 31.7 Å². The monoisotopic (exact) mass is 369 g/mol. The number of hydrogen-bond acceptors (Lipinski definition) is 3. The molecule has 1 N–H and O–H groups in total. The van der Waals surface area contributed by atoms with Crippen molar-refractivity contribution >= 4 is 16.1 Å². The molecule has 6 nitrogen and oxygen atoms in total. The molecule has 0 unspecified atom stereocenters. The van der Waals surface area contributed by atoms with Crippen LogP contribution in [0, 0.1) is 5.82 Å². The van der Waals surface area contributed by atoms with E-state index in [1.54, 1.807) is 4.90 Å². The number of urea groups is 1. The van der Waals surface area contributed by atoms with Crippen molar-refractivity contribution in [2.45, 2.75) is 43.0 Å². The van der Waals surface area contributed by atoms with Gasteiger partial charge in [0.2, 0.25) is 10.0 Å². The summed E-state index contributed by atoms with van der Waals surface area (Å²) in [5.41, 5.74) is 0. The number of rotatable bonds is 3. The highest BCUT2D eigenvalue weighted by atomic mass is 32.2. The Hall–Kier alpha value is -1.67. The van der Waals surface area contributed by atoms with E-state index in [1.165, 1.54) is 28.9 Å². The average Bonchev–Trinajstić information content (AvgIpc) is 2.62. The van der Waals surface area contributed by atoms with Gasteiger partial charge in [-0.3, -0.25) is 0 Å². The van der Waals surface area contributed by atoms with Crippen molar-refractivity contribution in [2.24, 2.45) is 0 Å². The zero-order valence-electron chi connectivity index (χ0n) is 14.2. The molecule has 1 aromatic rings. The smallest absolute Gasteiger partial charge is 0.317 e. The van der Waals surface area contributed by atoms with Crippen LogP contribution >= 0.6 is 0 Å². The molecule has 0 radical (unpaired) electrons. The maximum absolute atomic E-state index is 13.3. The Morgan fingerprint density at radius 2 is 1.76 bits per heavy atom. The van der Waals surface area contributed by atoms with Gasteiger partial charge in [0.15, 0.2) is 0 Å². The second kappa shape index (κ2) is 7.70. The van der Waals surface area contributed by atoms with Gasteiger partial charge in [-0.25, -0.2) is 17.6 Å². The van der Waals surface area contributed by atoms with Crippen molar-refractivity contribution in [3.63, 3.8) is 0 Å². The van der Waals surface area contributed by atoms with Gasteiger partial charge in [0.1, 0.15) is 5.82 Å². The standard InChI is InChI=1S/C17H24FN3O3S/c18-14-5-4-8-16(13-14)25(23,24)21-11-9-20(10-12-21)17(22)19-15-6-2-1-3-7-15/h4-5,8,13,15H,1-3,6-7,9-12H2,(H,19,22). The molecule has 25 heavy (non-hydrogen) atoms. The minimum Gasteiger partial charge on any atom is -0.335 e. The summed E-state index contributed by atoms with van der Waals surface area (Å²) >= 11 is 0. The van der Waals surface area contributed by atoms with Gasteiger partial charge in [0, 0.05) is 32.2 Å². The van der Waals surface area contributed by atoms with Crippen LogP contribution in [0.5, 0.6) is 0 Å². The Bertz CT molecular complexity index is 712. The fourth-order valence-electron chi connectivity index (χ4n) is 3.42. The molecule has 1 aliphatic heterocycles. The molecule has 3 rings (SSSR count). The molecule has 0 spiro atoms. The quantitative estimate of drug-likeness (QED) is 0.888. The van der Waals surface area contributed by atoms with Gasteiger partial charge in [0.05, 0.1) is 4.90 Å². The van der Waals surface area contributed by atoms with Crippen molar-refractivity contribution in [3.8, 4) is 0 Å². The van der Waals surface area contributed by atoms with Gasteiger partial charge in [-0.2, -0.15) is 4.31 Å². The number of amides is 2. The van der Waals surface area contributed by atoms with Crippen LogP contribution in [0.4, 0.5) is 9.18 Å². The molecule has 1 saturated heterocycles. The van der Waals surface area contributed by atoms with Gasteiger partial charge in [-0.15, -0.1) is 0 Å². The zero-order chi connectivity index (χ0) is 17.9. The molecule has 8 heteroatoms. The number of nitrogens with one attached hydrogen (secondary N) is 1. The van der Waals surface area contributed by atoms with Crippen molar-refractivity contribution in [1.82, 2.24) is 14.5 Å². The molecule has 0 atom stereocenters. The van der Waals surface area contributed by atoms with E-state index in [9.17, 15) is 17.6 Å². The van der Waals surface area contributed by atoms with Crippen LogP contribution < -0.4 is 5.32 Å². The maximum Gasteiger partial charge on any atom is 0.317 e. The lowest BCUT2D eigenvalue weighted by Gasteiger charge is -2.35. The third-order valence-electron chi connectivity index (χ3n) is 4.89. The first kappa shape index (κ1) is 18.1. The summed E-state index contributed by atoms with van der Waals surface area (Å²) in [5, 5.41) is 3.05. The highest BCUT2D eigenvalue weighted by Gasteiger charge is 2.31. The summed E-state index contributed by atoms with van der Waals surface area (Å²) in [5.74, 6) is -0.577. The SMILES string of the molecule is O=C(NC1CCCCC1)N1CCN(S(=O)(=O)c2cccc(F)c2)CC1. The first-order valence-electron chi connectivity index (χ1n) is 8.78. The number of piperazine rings is 1. The summed E-state index contributed by atoms with van der Waals surface area (Å²) in [6.07, 6.45) is 5.54. The zero-order valence-corrected chi connectivity index (χ0v) is 15.0. The molecule has 1 saturated carbocycles. The molecule has 0 aromatic heterocycles. The lowest BCUT2D eigenvalue weighted by atomic mass is 9.96. The fraction of sp³-hybridized carbons (Fsp3) is 0.588. The number of hydrogen-bond donors (Lipinski definition) is 1. The highest BCUT2D eigenvalue weighted by Crippen LogP contribution is 2.20. The minimum absolute atomic E-state index is 0.0485. The Labute approximate surface area is 148 Å². The number of benzene rings is 1. The van der Waals surface area contributed by atoms with E-state index < -0.39 is 15.8 Å². The number of carbonyl (C=O) groups excluding carboxylic acids is 1. The second-order valence-electron chi connectivity index (χ2n) is 6.63. The van der Waals surface area contributed by atoms with E-state index in [2.05, 4.69) is 5.32 Å². The summed E-state index contributed by atoms with van der Waals surface area (Å²) < 4.78 is 39.8. The Balaban J connectivity index is 1.56. The van der Waals surface area contributed by atoms with Crippen LogP contribution in [0.1, 0.15) is 32.1 Å². The third-order valence-corrected chi connectivity index (χ3v) is 6.79. The van der Waals surface area contributed by atoms with Crippen LogP contribution in [0.2, 0.25) is 0 Å². The van der Waals surface area contributed by atoms with E-state index in [-0.39, 0.29) is 30.1 Å². The van der Waals surface area contributed by atoms with Gasteiger partial charge in [-0.1, -0.05) is 25.3 Å². The molecule has 2 fully saturated rings. The summed E-state index contributed by atoms with van der Waals surface area (Å²) in [4.78, 5) is 13.9. The Morgan fingerprint density at radius 1 is 1.08 bits per heavy atom. The lowest BCUT2D eigenvalue weighted by Crippen LogP contribution is -2.54. The number of halogens is 1. The Kier molecular flexibility index (Phi) is 5.58. The van der Waals surface area contributed by atoms with Gasteiger partial charge in [0.25, 0.3) is 0 Å². The minimum atomic E-state index is -3.73. The molecule has 2 aliphatic rings. The normalized spacial score (nSPS) is 20.4. The van der Waals surface area contributed by atoms with Crippen molar-refractivity contribution < 1.29 is 17.6 Å². The predicted molar refractivity (Wildman–Crippen MR) is 92.1 cm³/mol. The molecule has 1 aromatic carbocycles. The van der Waals surface area contributed by atoms with E-state index in [1.807, 2.05) is 0 Å². The molecule has 0 bridgehead atoms. The van der Waals surface area contributed by atoms with Crippen LogP contribution in [-0.2, 0) is 10.0 Å². The molecule has 138 valence electrons. The molecule has 1 heterocycles. The van der Waals surface area contributed by atoms with Crippen molar-refractivity contribution in [1.29, 1.82) is 0 Å². The third kappa shape index (κ3) is 4.30. The average molecular weight is 369 g/mol. The molecular weight excluding hydrogens is 345 g/mol. The van der Waals surface area contributed by atoms with Crippen LogP contribution in [-0.4, -0.2) is 55.9 Å². The Morgan fingerprint density at radius 3 is 2.40 bits per heavy atom.